The maximum atomic E-state index is 12.2. The van der Waals surface area contributed by atoms with Crippen molar-refractivity contribution in [2.75, 3.05) is 26.8 Å². The Morgan fingerprint density at radius 2 is 1.90 bits per heavy atom. The molecule has 1 aliphatic heterocycles. The predicted octanol–water partition coefficient (Wildman–Crippen LogP) is 1.28. The average molecular weight is 298 g/mol. The summed E-state index contributed by atoms with van der Waals surface area (Å²) < 4.78 is 5.27. The van der Waals surface area contributed by atoms with Gasteiger partial charge in [-0.2, -0.15) is 0 Å². The summed E-state index contributed by atoms with van der Waals surface area (Å²) in [5, 5.41) is 10.4. The summed E-state index contributed by atoms with van der Waals surface area (Å²) in [7, 11) is 1.80. The number of carbonyl (C=O) groups excluding carboxylic acids is 1. The van der Waals surface area contributed by atoms with Gasteiger partial charge in [-0.05, 0) is 38.0 Å². The number of nitrogens with two attached hydrogens (primary N) is 1. The number of nitrogens with zero attached hydrogens (tertiary/aromatic N) is 1. The number of amides is 1. The Labute approximate surface area is 127 Å². The molecule has 0 bridgehead atoms. The zero-order valence-corrected chi connectivity index (χ0v) is 13.2. The molecule has 0 spiro atoms. The standard InChI is InChI=1S/C16H30N2O3/c1-18(12-16(20)8-10-21-11-9-16)15(19)7-4-13-2-5-14(17)6-3-13/h13-14,20H,2-12,17H2,1H3. The van der Waals surface area contributed by atoms with Crippen molar-refractivity contribution in [1.82, 2.24) is 4.90 Å². The van der Waals surface area contributed by atoms with Gasteiger partial charge in [-0.1, -0.05) is 0 Å². The Kier molecular flexibility index (Phi) is 6.02. The van der Waals surface area contributed by atoms with Crippen molar-refractivity contribution in [3.63, 3.8) is 0 Å². The Balaban J connectivity index is 1.69. The quantitative estimate of drug-likeness (QED) is 0.802. The SMILES string of the molecule is CN(CC1(O)CCOCC1)C(=O)CCC1CCC(N)CC1. The van der Waals surface area contributed by atoms with Crippen LogP contribution in [-0.4, -0.2) is 54.4 Å². The van der Waals surface area contributed by atoms with Crippen LogP contribution in [0.3, 0.4) is 0 Å². The fraction of sp³-hybridized carbons (Fsp3) is 0.938. The van der Waals surface area contributed by atoms with Gasteiger partial charge in [0.1, 0.15) is 0 Å². The number of rotatable bonds is 5. The first-order valence-electron chi connectivity index (χ1n) is 8.28. The lowest BCUT2D eigenvalue weighted by atomic mass is 9.83. The summed E-state index contributed by atoms with van der Waals surface area (Å²) in [6.45, 7) is 1.59. The van der Waals surface area contributed by atoms with E-state index in [-0.39, 0.29) is 5.91 Å². The number of carbonyl (C=O) groups is 1. The van der Waals surface area contributed by atoms with Gasteiger partial charge in [0.05, 0.1) is 5.60 Å². The summed E-state index contributed by atoms with van der Waals surface area (Å²) in [4.78, 5) is 13.9. The number of hydrogen-bond acceptors (Lipinski definition) is 4. The van der Waals surface area contributed by atoms with Gasteiger partial charge in [-0.25, -0.2) is 0 Å². The molecule has 0 aromatic carbocycles. The van der Waals surface area contributed by atoms with E-state index in [0.29, 0.717) is 51.0 Å². The topological polar surface area (TPSA) is 75.8 Å². The fourth-order valence-electron chi connectivity index (χ4n) is 3.43. The normalized spacial score (nSPS) is 29.1. The lowest BCUT2D eigenvalue weighted by molar-refractivity contribution is -0.137. The number of ether oxygens (including phenoxy) is 1. The van der Waals surface area contributed by atoms with Crippen molar-refractivity contribution in [1.29, 1.82) is 0 Å². The minimum atomic E-state index is -0.764. The first-order chi connectivity index (χ1) is 9.98. The number of hydrogen-bond donors (Lipinski definition) is 2. The molecule has 0 radical (unpaired) electrons. The molecule has 122 valence electrons. The van der Waals surface area contributed by atoms with Crippen molar-refractivity contribution in [3.05, 3.63) is 0 Å². The highest BCUT2D eigenvalue weighted by molar-refractivity contribution is 5.75. The van der Waals surface area contributed by atoms with Gasteiger partial charge in [-0.3, -0.25) is 4.79 Å². The molecule has 1 amide bonds. The highest BCUT2D eigenvalue weighted by atomic mass is 16.5. The van der Waals surface area contributed by atoms with Crippen LogP contribution in [0, 0.1) is 5.92 Å². The lowest BCUT2D eigenvalue weighted by Crippen LogP contribution is -2.47. The van der Waals surface area contributed by atoms with E-state index in [1.54, 1.807) is 11.9 Å². The van der Waals surface area contributed by atoms with Gasteiger partial charge in [-0.15, -0.1) is 0 Å². The third kappa shape index (κ3) is 5.24. The summed E-state index contributed by atoms with van der Waals surface area (Å²) in [6, 6.07) is 0.363. The van der Waals surface area contributed by atoms with Gasteiger partial charge < -0.3 is 20.5 Å². The second-order valence-electron chi connectivity index (χ2n) is 6.91. The fourth-order valence-corrected chi connectivity index (χ4v) is 3.43. The van der Waals surface area contributed by atoms with Crippen LogP contribution >= 0.6 is 0 Å². The van der Waals surface area contributed by atoms with Crippen LogP contribution < -0.4 is 5.73 Å². The molecule has 2 fully saturated rings. The first-order valence-corrected chi connectivity index (χ1v) is 8.28. The first kappa shape index (κ1) is 16.7. The van der Waals surface area contributed by atoms with E-state index in [2.05, 4.69) is 0 Å². The van der Waals surface area contributed by atoms with E-state index < -0.39 is 5.60 Å². The molecule has 0 unspecified atom stereocenters. The summed E-state index contributed by atoms with van der Waals surface area (Å²) >= 11 is 0. The van der Waals surface area contributed by atoms with Crippen LogP contribution in [0.2, 0.25) is 0 Å². The van der Waals surface area contributed by atoms with E-state index in [4.69, 9.17) is 10.5 Å². The van der Waals surface area contributed by atoms with E-state index in [0.717, 1.165) is 32.1 Å². The minimum absolute atomic E-state index is 0.143. The minimum Gasteiger partial charge on any atom is -0.388 e. The predicted molar refractivity (Wildman–Crippen MR) is 81.8 cm³/mol. The largest absolute Gasteiger partial charge is 0.388 e. The molecule has 5 nitrogen and oxygen atoms in total. The van der Waals surface area contributed by atoms with Crippen LogP contribution in [0.4, 0.5) is 0 Å². The zero-order chi connectivity index (χ0) is 15.3. The maximum absolute atomic E-state index is 12.2. The monoisotopic (exact) mass is 298 g/mol. The van der Waals surface area contributed by atoms with Crippen LogP contribution in [0.15, 0.2) is 0 Å². The van der Waals surface area contributed by atoms with Crippen molar-refractivity contribution < 1.29 is 14.6 Å². The van der Waals surface area contributed by atoms with Crippen LogP contribution in [0.1, 0.15) is 51.4 Å². The molecule has 2 aliphatic rings. The molecule has 0 atom stereocenters. The Morgan fingerprint density at radius 1 is 1.29 bits per heavy atom. The molecule has 5 heteroatoms. The Morgan fingerprint density at radius 3 is 2.52 bits per heavy atom. The molecule has 2 rings (SSSR count). The molecule has 1 aliphatic carbocycles. The van der Waals surface area contributed by atoms with E-state index in [1.807, 2.05) is 0 Å². The number of likely N-dealkylation sites (N-methyl/N-ethyl adjacent to an activating group) is 1. The molecular formula is C16H30N2O3. The average Bonchev–Trinajstić information content (AvgIpc) is 2.46. The molecule has 1 heterocycles. The summed E-state index contributed by atoms with van der Waals surface area (Å²) in [5.74, 6) is 0.790. The van der Waals surface area contributed by atoms with Gasteiger partial charge in [0.15, 0.2) is 0 Å². The maximum Gasteiger partial charge on any atom is 0.222 e. The highest BCUT2D eigenvalue weighted by Gasteiger charge is 2.32. The molecule has 3 N–H and O–H groups in total. The third-order valence-electron chi connectivity index (χ3n) is 5.04. The van der Waals surface area contributed by atoms with Crippen molar-refractivity contribution in [3.8, 4) is 0 Å². The van der Waals surface area contributed by atoms with Crippen molar-refractivity contribution in [2.24, 2.45) is 11.7 Å². The van der Waals surface area contributed by atoms with Crippen LogP contribution in [-0.2, 0) is 9.53 Å². The lowest BCUT2D eigenvalue weighted by Gasteiger charge is -2.35. The second-order valence-corrected chi connectivity index (χ2v) is 6.91. The van der Waals surface area contributed by atoms with Crippen LogP contribution in [0.25, 0.3) is 0 Å². The van der Waals surface area contributed by atoms with Gasteiger partial charge in [0, 0.05) is 52.1 Å². The zero-order valence-electron chi connectivity index (χ0n) is 13.2. The van der Waals surface area contributed by atoms with Crippen molar-refractivity contribution in [2.45, 2.75) is 63.0 Å². The number of aliphatic hydroxyl groups is 1. The van der Waals surface area contributed by atoms with Crippen molar-refractivity contribution >= 4 is 5.91 Å². The van der Waals surface area contributed by atoms with E-state index in [9.17, 15) is 9.90 Å². The molecular weight excluding hydrogens is 268 g/mol. The molecule has 21 heavy (non-hydrogen) atoms. The van der Waals surface area contributed by atoms with Crippen LogP contribution in [0.5, 0.6) is 0 Å². The molecule has 1 saturated carbocycles. The van der Waals surface area contributed by atoms with Gasteiger partial charge in [0.25, 0.3) is 0 Å². The smallest absolute Gasteiger partial charge is 0.222 e. The second kappa shape index (κ2) is 7.56. The Bertz CT molecular complexity index is 334. The third-order valence-corrected chi connectivity index (χ3v) is 5.04. The Hall–Kier alpha value is -0.650. The summed E-state index contributed by atoms with van der Waals surface area (Å²) in [5.41, 5.74) is 5.14. The summed E-state index contributed by atoms with van der Waals surface area (Å²) in [6.07, 6.45) is 7.26. The van der Waals surface area contributed by atoms with Gasteiger partial charge >= 0.3 is 0 Å². The van der Waals surface area contributed by atoms with Gasteiger partial charge in [0.2, 0.25) is 5.91 Å². The van der Waals surface area contributed by atoms with E-state index in [1.165, 1.54) is 0 Å². The molecule has 0 aromatic rings. The van der Waals surface area contributed by atoms with E-state index >= 15 is 0 Å². The molecule has 1 saturated heterocycles. The highest BCUT2D eigenvalue weighted by Crippen LogP contribution is 2.27. The molecule has 0 aromatic heterocycles.